The molecule has 0 rings (SSSR count). The summed E-state index contributed by atoms with van der Waals surface area (Å²) >= 11 is 0. The lowest BCUT2D eigenvalue weighted by molar-refractivity contribution is -0.870. The standard InChI is InChI=1S/C22H44NO8P/c1-6-7-8-9-10-11-12-13-14-15-22(25)28-18-21(31-20(2)24)19-30-32(26,27)29-17-16-23(3,4)5/h21H,6-19H2,1-5H3/p+1/t21-/m1/s1. The van der Waals surface area contributed by atoms with Crippen molar-refractivity contribution < 1.29 is 42.1 Å². The van der Waals surface area contributed by atoms with Crippen LogP contribution in [0.1, 0.15) is 78.1 Å². The Kier molecular flexibility index (Phi) is 16.9. The number of esters is 2. The Balaban J connectivity index is 4.12. The zero-order valence-corrected chi connectivity index (χ0v) is 21.6. The highest BCUT2D eigenvalue weighted by molar-refractivity contribution is 7.47. The number of nitrogens with zero attached hydrogens (tertiary/aromatic N) is 1. The maximum absolute atomic E-state index is 12.0. The van der Waals surface area contributed by atoms with Gasteiger partial charge in [0.2, 0.25) is 0 Å². The van der Waals surface area contributed by atoms with Gasteiger partial charge in [-0.05, 0) is 6.42 Å². The molecule has 0 fully saturated rings. The number of rotatable bonds is 20. The van der Waals surface area contributed by atoms with Crippen LogP contribution in [0.2, 0.25) is 0 Å². The van der Waals surface area contributed by atoms with Gasteiger partial charge >= 0.3 is 19.8 Å². The van der Waals surface area contributed by atoms with Gasteiger partial charge in [-0.2, -0.15) is 0 Å². The molecule has 2 atom stereocenters. The van der Waals surface area contributed by atoms with Crippen LogP contribution < -0.4 is 0 Å². The van der Waals surface area contributed by atoms with Crippen LogP contribution in [-0.2, 0) is 32.7 Å². The third-order valence-corrected chi connectivity index (χ3v) is 5.67. The first-order valence-electron chi connectivity index (χ1n) is 11.7. The number of quaternary nitrogens is 1. The van der Waals surface area contributed by atoms with Gasteiger partial charge in [0.05, 0.1) is 27.7 Å². The molecular weight excluding hydrogens is 437 g/mol. The molecule has 1 N–H and O–H groups in total. The summed E-state index contributed by atoms with van der Waals surface area (Å²) in [7, 11) is 1.47. The second-order valence-corrected chi connectivity index (χ2v) is 10.6. The first-order chi connectivity index (χ1) is 14.9. The summed E-state index contributed by atoms with van der Waals surface area (Å²) in [5, 5.41) is 0. The van der Waals surface area contributed by atoms with Gasteiger partial charge in [0.25, 0.3) is 0 Å². The van der Waals surface area contributed by atoms with E-state index in [9.17, 15) is 19.0 Å². The van der Waals surface area contributed by atoms with Gasteiger partial charge in [-0.3, -0.25) is 18.6 Å². The first-order valence-corrected chi connectivity index (χ1v) is 13.2. The minimum Gasteiger partial charge on any atom is -0.462 e. The monoisotopic (exact) mass is 482 g/mol. The number of carbonyl (C=O) groups excluding carboxylic acids is 2. The molecule has 190 valence electrons. The molecule has 9 nitrogen and oxygen atoms in total. The lowest BCUT2D eigenvalue weighted by Gasteiger charge is -2.24. The molecule has 0 saturated carbocycles. The summed E-state index contributed by atoms with van der Waals surface area (Å²) in [6.45, 7) is 3.29. The number of hydrogen-bond acceptors (Lipinski definition) is 7. The molecule has 0 aromatic rings. The molecule has 0 amide bonds. The third kappa shape index (κ3) is 20.9. The van der Waals surface area contributed by atoms with E-state index < -0.39 is 32.5 Å². The van der Waals surface area contributed by atoms with Crippen LogP contribution in [0.4, 0.5) is 0 Å². The van der Waals surface area contributed by atoms with Crippen LogP contribution >= 0.6 is 7.82 Å². The summed E-state index contributed by atoms with van der Waals surface area (Å²) in [4.78, 5) is 33.0. The van der Waals surface area contributed by atoms with Crippen molar-refractivity contribution in [3.05, 3.63) is 0 Å². The molecule has 0 aromatic carbocycles. The van der Waals surface area contributed by atoms with Crippen LogP contribution in [0.5, 0.6) is 0 Å². The van der Waals surface area contributed by atoms with Crippen molar-refractivity contribution in [2.45, 2.75) is 84.2 Å². The van der Waals surface area contributed by atoms with Crippen LogP contribution in [0.15, 0.2) is 0 Å². The molecule has 1 unspecified atom stereocenters. The Labute approximate surface area is 193 Å². The second-order valence-electron chi connectivity index (χ2n) is 9.10. The smallest absolute Gasteiger partial charge is 0.462 e. The van der Waals surface area contributed by atoms with Crippen LogP contribution in [0.25, 0.3) is 0 Å². The molecule has 0 spiro atoms. The van der Waals surface area contributed by atoms with E-state index in [1.807, 2.05) is 21.1 Å². The lowest BCUT2D eigenvalue weighted by atomic mass is 10.1. The number of phosphoric acid groups is 1. The fourth-order valence-corrected chi connectivity index (χ4v) is 3.58. The van der Waals surface area contributed by atoms with E-state index in [2.05, 4.69) is 6.92 Å². The average Bonchev–Trinajstić information content (AvgIpc) is 2.67. The van der Waals surface area contributed by atoms with E-state index in [0.29, 0.717) is 11.0 Å². The molecule has 0 aliphatic rings. The van der Waals surface area contributed by atoms with Gasteiger partial charge in [0.1, 0.15) is 19.8 Å². The van der Waals surface area contributed by atoms with Gasteiger partial charge in [-0.25, -0.2) is 4.57 Å². The summed E-state index contributed by atoms with van der Waals surface area (Å²) in [5.74, 6) is -0.996. The lowest BCUT2D eigenvalue weighted by Crippen LogP contribution is -2.37. The van der Waals surface area contributed by atoms with Crippen molar-refractivity contribution in [3.8, 4) is 0 Å². The molecule has 0 aromatic heterocycles. The van der Waals surface area contributed by atoms with E-state index in [1.54, 1.807) is 0 Å². The zero-order chi connectivity index (χ0) is 24.5. The van der Waals surface area contributed by atoms with Crippen molar-refractivity contribution in [2.24, 2.45) is 0 Å². The molecule has 0 bridgehead atoms. The predicted molar refractivity (Wildman–Crippen MR) is 123 cm³/mol. The molecule has 0 aliphatic heterocycles. The molecule has 0 radical (unpaired) electrons. The summed E-state index contributed by atoms with van der Waals surface area (Å²) in [5.41, 5.74) is 0. The topological polar surface area (TPSA) is 108 Å². The number of likely N-dealkylation sites (N-methyl/N-ethyl adjacent to an activating group) is 1. The minimum absolute atomic E-state index is 0.0310. The fraction of sp³-hybridized carbons (Fsp3) is 0.909. The number of unbranched alkanes of at least 4 members (excludes halogenated alkanes) is 8. The zero-order valence-electron chi connectivity index (χ0n) is 20.7. The van der Waals surface area contributed by atoms with Gasteiger partial charge < -0.3 is 18.9 Å². The maximum atomic E-state index is 12.0. The second kappa shape index (κ2) is 17.5. The SMILES string of the molecule is CCCCCCCCCCCC(=O)OC[C@H](COP(=O)(O)OCC[N+](C)(C)C)OC(C)=O. The highest BCUT2D eigenvalue weighted by atomic mass is 31.2. The molecule has 0 heterocycles. The van der Waals surface area contributed by atoms with Crippen molar-refractivity contribution in [1.29, 1.82) is 0 Å². The quantitative estimate of drug-likeness (QED) is 0.119. The van der Waals surface area contributed by atoms with Crippen LogP contribution in [-0.4, -0.2) is 74.9 Å². The molecule has 10 heteroatoms. The maximum Gasteiger partial charge on any atom is 0.472 e. The summed E-state index contributed by atoms with van der Waals surface area (Å²) < 4.78 is 32.6. The van der Waals surface area contributed by atoms with E-state index in [4.69, 9.17) is 18.5 Å². The number of carbonyl (C=O) groups is 2. The normalized spacial score (nSPS) is 14.6. The van der Waals surface area contributed by atoms with Crippen molar-refractivity contribution >= 4 is 19.8 Å². The molecule has 0 aliphatic carbocycles. The number of hydrogen-bond donors (Lipinski definition) is 1. The van der Waals surface area contributed by atoms with Crippen LogP contribution in [0.3, 0.4) is 0 Å². The molecular formula is C22H45NO8P+. The molecule has 32 heavy (non-hydrogen) atoms. The summed E-state index contributed by atoms with van der Waals surface area (Å²) in [6, 6.07) is 0. The van der Waals surface area contributed by atoms with Crippen LogP contribution in [0, 0.1) is 0 Å². The summed E-state index contributed by atoms with van der Waals surface area (Å²) in [6.07, 6.45) is 9.65. The highest BCUT2D eigenvalue weighted by Gasteiger charge is 2.26. The van der Waals surface area contributed by atoms with E-state index >= 15 is 0 Å². The average molecular weight is 483 g/mol. The fourth-order valence-electron chi connectivity index (χ4n) is 2.83. The van der Waals surface area contributed by atoms with Gasteiger partial charge in [-0.1, -0.05) is 58.3 Å². The van der Waals surface area contributed by atoms with E-state index in [-0.39, 0.29) is 19.6 Å². The van der Waals surface area contributed by atoms with Crippen molar-refractivity contribution in [2.75, 3.05) is 47.5 Å². The largest absolute Gasteiger partial charge is 0.472 e. The van der Waals surface area contributed by atoms with E-state index in [0.717, 1.165) is 19.3 Å². The Morgan fingerprint density at radius 2 is 1.47 bits per heavy atom. The Hall–Kier alpha value is -0.990. The van der Waals surface area contributed by atoms with Gasteiger partial charge in [0.15, 0.2) is 6.10 Å². The number of ether oxygens (including phenoxy) is 2. The minimum atomic E-state index is -4.30. The Bertz CT molecular complexity index is 565. The van der Waals surface area contributed by atoms with Gasteiger partial charge in [0, 0.05) is 13.3 Å². The van der Waals surface area contributed by atoms with Crippen molar-refractivity contribution in [3.63, 3.8) is 0 Å². The first kappa shape index (κ1) is 31.0. The predicted octanol–water partition coefficient (Wildman–Crippen LogP) is 4.22. The third-order valence-electron chi connectivity index (χ3n) is 4.69. The molecule has 0 saturated heterocycles. The highest BCUT2D eigenvalue weighted by Crippen LogP contribution is 2.43. The van der Waals surface area contributed by atoms with E-state index in [1.165, 1.54) is 45.4 Å². The Morgan fingerprint density at radius 3 is 2.00 bits per heavy atom. The van der Waals surface area contributed by atoms with Crippen molar-refractivity contribution in [1.82, 2.24) is 0 Å². The Morgan fingerprint density at radius 1 is 0.906 bits per heavy atom. The number of phosphoric ester groups is 1. The van der Waals surface area contributed by atoms with Gasteiger partial charge in [-0.15, -0.1) is 0 Å².